The van der Waals surface area contributed by atoms with Crippen LogP contribution in [0.1, 0.15) is 42.7 Å². The summed E-state index contributed by atoms with van der Waals surface area (Å²) >= 11 is 0. The van der Waals surface area contributed by atoms with Crippen LogP contribution in [-0.2, 0) is 0 Å². The number of hydrogen-bond acceptors (Lipinski definition) is 3. The third-order valence-corrected chi connectivity index (χ3v) is 4.07. The number of aromatic nitrogens is 2. The second kappa shape index (κ2) is 6.19. The normalized spacial score (nSPS) is 23.6. The highest BCUT2D eigenvalue weighted by Crippen LogP contribution is 2.22. The van der Waals surface area contributed by atoms with Crippen molar-refractivity contribution in [2.75, 3.05) is 19.6 Å². The van der Waals surface area contributed by atoms with E-state index < -0.39 is 0 Å². The van der Waals surface area contributed by atoms with Crippen LogP contribution in [0.4, 0.5) is 0 Å². The molecule has 1 amide bonds. The van der Waals surface area contributed by atoms with Crippen LogP contribution in [0.25, 0.3) is 0 Å². The number of likely N-dealkylation sites (tertiary alicyclic amines) is 1. The van der Waals surface area contributed by atoms with Gasteiger partial charge < -0.3 is 10.2 Å². The predicted octanol–water partition coefficient (Wildman–Crippen LogP) is 1.57. The maximum atomic E-state index is 12.5. The molecule has 0 aromatic carbocycles. The lowest BCUT2D eigenvalue weighted by molar-refractivity contribution is 0.0627. The van der Waals surface area contributed by atoms with Crippen LogP contribution < -0.4 is 5.32 Å². The number of aromatic amines is 1. The molecule has 0 bridgehead atoms. The fourth-order valence-electron chi connectivity index (χ4n) is 2.90. The minimum Gasteiger partial charge on any atom is -0.338 e. The van der Waals surface area contributed by atoms with E-state index in [0.717, 1.165) is 38.2 Å². The van der Waals surface area contributed by atoms with Gasteiger partial charge in [0.25, 0.3) is 5.91 Å². The molecule has 106 valence electrons. The van der Waals surface area contributed by atoms with Crippen molar-refractivity contribution in [3.8, 4) is 0 Å². The Labute approximate surface area is 114 Å². The predicted molar refractivity (Wildman–Crippen MR) is 75.1 cm³/mol. The number of amides is 1. The zero-order chi connectivity index (χ0) is 13.8. The van der Waals surface area contributed by atoms with Crippen molar-refractivity contribution in [1.82, 2.24) is 20.4 Å². The molecule has 5 heteroatoms. The molecule has 1 aromatic rings. The van der Waals surface area contributed by atoms with Crippen LogP contribution in [0.5, 0.6) is 0 Å². The van der Waals surface area contributed by atoms with E-state index in [4.69, 9.17) is 0 Å². The van der Waals surface area contributed by atoms with Gasteiger partial charge in [-0.1, -0.05) is 20.3 Å². The molecule has 2 unspecified atom stereocenters. The zero-order valence-corrected chi connectivity index (χ0v) is 12.1. The van der Waals surface area contributed by atoms with Gasteiger partial charge in [0.1, 0.15) is 0 Å². The van der Waals surface area contributed by atoms with E-state index >= 15 is 0 Å². The van der Waals surface area contributed by atoms with Gasteiger partial charge in [-0.3, -0.25) is 9.89 Å². The van der Waals surface area contributed by atoms with Gasteiger partial charge in [0, 0.05) is 24.8 Å². The van der Waals surface area contributed by atoms with E-state index in [9.17, 15) is 4.79 Å². The molecule has 5 nitrogen and oxygen atoms in total. The number of hydrogen-bond donors (Lipinski definition) is 2. The van der Waals surface area contributed by atoms with Gasteiger partial charge in [-0.2, -0.15) is 5.10 Å². The van der Waals surface area contributed by atoms with Crippen molar-refractivity contribution in [2.45, 2.75) is 39.7 Å². The van der Waals surface area contributed by atoms with Gasteiger partial charge in [0.2, 0.25) is 0 Å². The van der Waals surface area contributed by atoms with E-state index in [1.54, 1.807) is 6.20 Å². The Hall–Kier alpha value is -1.36. The van der Waals surface area contributed by atoms with E-state index in [2.05, 4.69) is 29.4 Å². The van der Waals surface area contributed by atoms with Gasteiger partial charge in [-0.25, -0.2) is 0 Å². The topological polar surface area (TPSA) is 61.0 Å². The van der Waals surface area contributed by atoms with Crippen molar-refractivity contribution in [3.63, 3.8) is 0 Å². The first-order valence-electron chi connectivity index (χ1n) is 7.20. The second-order valence-electron chi connectivity index (χ2n) is 5.28. The summed E-state index contributed by atoms with van der Waals surface area (Å²) in [6, 6.07) is 0.546. The first-order chi connectivity index (χ1) is 9.17. The summed E-state index contributed by atoms with van der Waals surface area (Å²) in [5, 5.41) is 10.3. The molecule has 2 N–H and O–H groups in total. The largest absolute Gasteiger partial charge is 0.338 e. The Balaban J connectivity index is 2.04. The van der Waals surface area contributed by atoms with Crippen LogP contribution in [0.15, 0.2) is 6.20 Å². The van der Waals surface area contributed by atoms with E-state index in [1.807, 2.05) is 11.8 Å². The molecule has 0 saturated carbocycles. The molecule has 0 radical (unpaired) electrons. The average molecular weight is 264 g/mol. The van der Waals surface area contributed by atoms with Crippen LogP contribution in [-0.4, -0.2) is 46.7 Å². The summed E-state index contributed by atoms with van der Waals surface area (Å²) in [6.07, 6.45) is 3.77. The molecule has 1 fully saturated rings. The number of piperidine rings is 1. The maximum Gasteiger partial charge on any atom is 0.257 e. The minimum atomic E-state index is 0.111. The Kier molecular flexibility index (Phi) is 4.58. The highest BCUT2D eigenvalue weighted by Gasteiger charge is 2.30. The number of rotatable bonds is 4. The molecule has 1 aliphatic rings. The minimum absolute atomic E-state index is 0.111. The van der Waals surface area contributed by atoms with Crippen LogP contribution in [0.3, 0.4) is 0 Å². The lowest BCUT2D eigenvalue weighted by Gasteiger charge is -2.38. The number of carbonyl (C=O) groups is 1. The monoisotopic (exact) mass is 264 g/mol. The molecule has 2 rings (SSSR count). The molecule has 19 heavy (non-hydrogen) atoms. The molecule has 1 aromatic heterocycles. The number of carbonyl (C=O) groups excluding carboxylic acids is 1. The number of aryl methyl sites for hydroxylation is 1. The van der Waals surface area contributed by atoms with Crippen molar-refractivity contribution in [3.05, 3.63) is 17.5 Å². The third kappa shape index (κ3) is 2.97. The van der Waals surface area contributed by atoms with Crippen molar-refractivity contribution in [2.24, 2.45) is 5.92 Å². The Morgan fingerprint density at radius 3 is 2.95 bits per heavy atom. The SMILES string of the molecule is CCNC1CCN(C(=O)c2cn[nH]c2C)CC1CC. The first kappa shape index (κ1) is 14.1. The second-order valence-corrected chi connectivity index (χ2v) is 5.28. The number of nitrogens with one attached hydrogen (secondary N) is 2. The van der Waals surface area contributed by atoms with Crippen LogP contribution in [0.2, 0.25) is 0 Å². The molecule has 1 aliphatic heterocycles. The number of nitrogens with zero attached hydrogens (tertiary/aromatic N) is 2. The van der Waals surface area contributed by atoms with Crippen LogP contribution in [0, 0.1) is 12.8 Å². The van der Waals surface area contributed by atoms with Gasteiger partial charge in [-0.15, -0.1) is 0 Å². The van der Waals surface area contributed by atoms with E-state index in [1.165, 1.54) is 0 Å². The molecule has 1 saturated heterocycles. The first-order valence-corrected chi connectivity index (χ1v) is 7.20. The molecular formula is C14H24N4O. The van der Waals surface area contributed by atoms with E-state index in [0.29, 0.717) is 17.5 Å². The number of H-pyrrole nitrogens is 1. The summed E-state index contributed by atoms with van der Waals surface area (Å²) in [6.45, 7) is 8.90. The van der Waals surface area contributed by atoms with Crippen molar-refractivity contribution >= 4 is 5.91 Å². The highest BCUT2D eigenvalue weighted by atomic mass is 16.2. The quantitative estimate of drug-likeness (QED) is 0.867. The summed E-state index contributed by atoms with van der Waals surface area (Å²) < 4.78 is 0. The standard InChI is InChI=1S/C14H24N4O/c1-4-11-9-18(7-6-13(11)15-5-2)14(19)12-8-16-17-10(12)3/h8,11,13,15H,4-7,9H2,1-3H3,(H,16,17). The van der Waals surface area contributed by atoms with Gasteiger partial charge in [0.05, 0.1) is 11.8 Å². The smallest absolute Gasteiger partial charge is 0.257 e. The summed E-state index contributed by atoms with van der Waals surface area (Å²) in [4.78, 5) is 14.4. The molecule has 0 spiro atoms. The van der Waals surface area contributed by atoms with Crippen molar-refractivity contribution < 1.29 is 4.79 Å². The highest BCUT2D eigenvalue weighted by molar-refractivity contribution is 5.95. The Morgan fingerprint density at radius 2 is 2.37 bits per heavy atom. The lowest BCUT2D eigenvalue weighted by Crippen LogP contribution is -2.50. The van der Waals surface area contributed by atoms with E-state index in [-0.39, 0.29) is 5.91 Å². The van der Waals surface area contributed by atoms with Crippen LogP contribution >= 0.6 is 0 Å². The molecule has 0 aliphatic carbocycles. The molecule has 2 atom stereocenters. The molecular weight excluding hydrogens is 240 g/mol. The zero-order valence-electron chi connectivity index (χ0n) is 12.1. The Morgan fingerprint density at radius 1 is 1.58 bits per heavy atom. The van der Waals surface area contributed by atoms with Crippen molar-refractivity contribution in [1.29, 1.82) is 0 Å². The molecule has 2 heterocycles. The fraction of sp³-hybridized carbons (Fsp3) is 0.714. The van der Waals surface area contributed by atoms with Gasteiger partial charge >= 0.3 is 0 Å². The summed E-state index contributed by atoms with van der Waals surface area (Å²) in [5.74, 6) is 0.657. The maximum absolute atomic E-state index is 12.5. The van der Waals surface area contributed by atoms with Gasteiger partial charge in [-0.05, 0) is 25.8 Å². The third-order valence-electron chi connectivity index (χ3n) is 4.07. The summed E-state index contributed by atoms with van der Waals surface area (Å²) in [5.41, 5.74) is 1.56. The summed E-state index contributed by atoms with van der Waals surface area (Å²) in [7, 11) is 0. The lowest BCUT2D eigenvalue weighted by atomic mass is 9.89. The Bertz CT molecular complexity index is 429. The van der Waals surface area contributed by atoms with Gasteiger partial charge in [0.15, 0.2) is 0 Å². The average Bonchev–Trinajstić information content (AvgIpc) is 2.85. The fourth-order valence-corrected chi connectivity index (χ4v) is 2.90.